The Morgan fingerprint density at radius 3 is 2.71 bits per heavy atom. The standard InChI is InChI=1S/C9H6Cl2N2O/c1-5(14)8-4-7-2-6(10)3-9(11)13(7)12-8/h2-4H,1H3. The Kier molecular flexibility index (Phi) is 2.21. The Balaban J connectivity index is 2.76. The first-order valence-electron chi connectivity index (χ1n) is 3.93. The summed E-state index contributed by atoms with van der Waals surface area (Å²) >= 11 is 11.7. The minimum absolute atomic E-state index is 0.0964. The molecule has 0 aliphatic heterocycles. The molecule has 0 bridgehead atoms. The number of carbonyl (C=O) groups is 1. The topological polar surface area (TPSA) is 34.4 Å². The number of hydrogen-bond donors (Lipinski definition) is 0. The molecular weight excluding hydrogens is 223 g/mol. The van der Waals surface area contributed by atoms with Gasteiger partial charge in [0.2, 0.25) is 0 Å². The highest BCUT2D eigenvalue weighted by Crippen LogP contribution is 2.20. The molecule has 72 valence electrons. The number of ketones is 1. The first-order valence-corrected chi connectivity index (χ1v) is 4.69. The number of carbonyl (C=O) groups excluding carboxylic acids is 1. The van der Waals surface area contributed by atoms with Gasteiger partial charge in [0, 0.05) is 11.9 Å². The third-order valence-electron chi connectivity index (χ3n) is 1.84. The summed E-state index contributed by atoms with van der Waals surface area (Å²) in [7, 11) is 0. The Morgan fingerprint density at radius 2 is 2.07 bits per heavy atom. The largest absolute Gasteiger partial charge is 0.293 e. The van der Waals surface area contributed by atoms with Gasteiger partial charge in [0.15, 0.2) is 5.78 Å². The summed E-state index contributed by atoms with van der Waals surface area (Å²) in [4.78, 5) is 11.1. The fourth-order valence-corrected chi connectivity index (χ4v) is 1.72. The zero-order valence-corrected chi connectivity index (χ0v) is 8.80. The summed E-state index contributed by atoms with van der Waals surface area (Å²) in [6.07, 6.45) is 0. The number of hydrogen-bond acceptors (Lipinski definition) is 2. The number of pyridine rings is 1. The number of nitrogens with zero attached hydrogens (tertiary/aromatic N) is 2. The molecule has 0 unspecified atom stereocenters. The predicted octanol–water partition coefficient (Wildman–Crippen LogP) is 2.84. The highest BCUT2D eigenvalue weighted by atomic mass is 35.5. The Bertz CT molecular complexity index is 519. The lowest BCUT2D eigenvalue weighted by Gasteiger charge is -1.96. The highest BCUT2D eigenvalue weighted by molar-refractivity contribution is 6.34. The van der Waals surface area contributed by atoms with Crippen LogP contribution in [0.2, 0.25) is 10.2 Å². The van der Waals surface area contributed by atoms with Gasteiger partial charge in [-0.25, -0.2) is 4.52 Å². The van der Waals surface area contributed by atoms with E-state index in [2.05, 4.69) is 5.10 Å². The van der Waals surface area contributed by atoms with E-state index in [1.165, 1.54) is 11.4 Å². The molecule has 2 aromatic rings. The average Bonchev–Trinajstić information content (AvgIpc) is 2.47. The van der Waals surface area contributed by atoms with Crippen molar-refractivity contribution in [3.05, 3.63) is 34.1 Å². The third kappa shape index (κ3) is 1.49. The molecule has 0 aliphatic rings. The van der Waals surface area contributed by atoms with Crippen molar-refractivity contribution in [1.29, 1.82) is 0 Å². The van der Waals surface area contributed by atoms with Crippen molar-refractivity contribution >= 4 is 34.5 Å². The van der Waals surface area contributed by atoms with Gasteiger partial charge < -0.3 is 0 Å². The van der Waals surface area contributed by atoms with E-state index in [0.29, 0.717) is 21.4 Å². The Hall–Kier alpha value is -1.06. The summed E-state index contributed by atoms with van der Waals surface area (Å²) in [6.45, 7) is 1.46. The van der Waals surface area contributed by atoms with Crippen LogP contribution >= 0.6 is 23.2 Å². The third-order valence-corrected chi connectivity index (χ3v) is 2.33. The van der Waals surface area contributed by atoms with Crippen LogP contribution in [0.15, 0.2) is 18.2 Å². The van der Waals surface area contributed by atoms with Gasteiger partial charge in [0.05, 0.1) is 5.52 Å². The normalized spacial score (nSPS) is 10.8. The lowest BCUT2D eigenvalue weighted by molar-refractivity contribution is 0.101. The average molecular weight is 229 g/mol. The molecule has 0 fully saturated rings. The fourth-order valence-electron chi connectivity index (χ4n) is 1.20. The molecule has 0 N–H and O–H groups in total. The first-order chi connectivity index (χ1) is 6.58. The first kappa shape index (κ1) is 9.49. The van der Waals surface area contributed by atoms with Crippen molar-refractivity contribution in [2.45, 2.75) is 6.92 Å². The van der Waals surface area contributed by atoms with Crippen LogP contribution in [0, 0.1) is 0 Å². The second-order valence-corrected chi connectivity index (χ2v) is 3.74. The molecule has 2 aromatic heterocycles. The number of halogens is 2. The molecule has 0 saturated heterocycles. The quantitative estimate of drug-likeness (QED) is 0.556. The van der Waals surface area contributed by atoms with Crippen LogP contribution in [0.4, 0.5) is 0 Å². The predicted molar refractivity (Wildman–Crippen MR) is 55.2 cm³/mol. The van der Waals surface area contributed by atoms with E-state index in [-0.39, 0.29) is 5.78 Å². The van der Waals surface area contributed by atoms with Crippen LogP contribution in [0.25, 0.3) is 5.52 Å². The maximum atomic E-state index is 11.1. The minimum Gasteiger partial charge on any atom is -0.293 e. The molecule has 14 heavy (non-hydrogen) atoms. The van der Waals surface area contributed by atoms with Crippen molar-refractivity contribution in [3.63, 3.8) is 0 Å². The summed E-state index contributed by atoms with van der Waals surface area (Å²) in [6, 6.07) is 4.93. The van der Waals surface area contributed by atoms with Gasteiger partial charge in [-0.1, -0.05) is 23.2 Å². The molecular formula is C9H6Cl2N2O. The summed E-state index contributed by atoms with van der Waals surface area (Å²) < 4.78 is 1.48. The lowest BCUT2D eigenvalue weighted by atomic mass is 10.3. The van der Waals surface area contributed by atoms with Gasteiger partial charge in [0.25, 0.3) is 0 Å². The summed E-state index contributed by atoms with van der Waals surface area (Å²) in [5, 5.41) is 4.94. The molecule has 0 amide bonds. The van der Waals surface area contributed by atoms with Gasteiger partial charge in [-0.05, 0) is 18.2 Å². The van der Waals surface area contributed by atoms with Crippen LogP contribution in [0.1, 0.15) is 17.4 Å². The van der Waals surface area contributed by atoms with Crippen LogP contribution in [0.3, 0.4) is 0 Å². The molecule has 0 radical (unpaired) electrons. The molecule has 0 aliphatic carbocycles. The van der Waals surface area contributed by atoms with Crippen molar-refractivity contribution in [2.24, 2.45) is 0 Å². The van der Waals surface area contributed by atoms with Gasteiger partial charge in [0.1, 0.15) is 10.8 Å². The number of fused-ring (bicyclic) bond motifs is 1. The highest BCUT2D eigenvalue weighted by Gasteiger charge is 2.08. The SMILES string of the molecule is CC(=O)c1cc2cc(Cl)cc(Cl)n2n1. The van der Waals surface area contributed by atoms with E-state index in [1.807, 2.05) is 0 Å². The molecule has 2 heterocycles. The molecule has 5 heteroatoms. The smallest absolute Gasteiger partial charge is 0.180 e. The maximum absolute atomic E-state index is 11.1. The van der Waals surface area contributed by atoms with E-state index in [9.17, 15) is 4.79 Å². The van der Waals surface area contributed by atoms with E-state index in [4.69, 9.17) is 23.2 Å². The Morgan fingerprint density at radius 1 is 1.36 bits per heavy atom. The molecule has 0 aromatic carbocycles. The zero-order chi connectivity index (χ0) is 10.3. The zero-order valence-electron chi connectivity index (χ0n) is 7.29. The lowest BCUT2D eigenvalue weighted by Crippen LogP contribution is -1.94. The van der Waals surface area contributed by atoms with Crippen molar-refractivity contribution in [3.8, 4) is 0 Å². The molecule has 0 saturated carbocycles. The van der Waals surface area contributed by atoms with E-state index in [1.54, 1.807) is 18.2 Å². The summed E-state index contributed by atoms with van der Waals surface area (Å²) in [5.41, 5.74) is 1.10. The number of Topliss-reactive ketones (excluding diaryl/α,β-unsaturated/α-hetero) is 1. The van der Waals surface area contributed by atoms with Crippen molar-refractivity contribution in [2.75, 3.05) is 0 Å². The van der Waals surface area contributed by atoms with E-state index >= 15 is 0 Å². The van der Waals surface area contributed by atoms with Gasteiger partial charge in [-0.2, -0.15) is 5.10 Å². The van der Waals surface area contributed by atoms with Crippen LogP contribution in [-0.4, -0.2) is 15.4 Å². The molecule has 2 rings (SSSR count). The van der Waals surface area contributed by atoms with Gasteiger partial charge >= 0.3 is 0 Å². The fraction of sp³-hybridized carbons (Fsp3) is 0.111. The number of rotatable bonds is 1. The molecule has 0 atom stereocenters. The van der Waals surface area contributed by atoms with Gasteiger partial charge in [-0.15, -0.1) is 0 Å². The van der Waals surface area contributed by atoms with Gasteiger partial charge in [-0.3, -0.25) is 4.79 Å². The monoisotopic (exact) mass is 228 g/mol. The van der Waals surface area contributed by atoms with Crippen LogP contribution in [0.5, 0.6) is 0 Å². The van der Waals surface area contributed by atoms with E-state index < -0.39 is 0 Å². The van der Waals surface area contributed by atoms with Crippen molar-refractivity contribution in [1.82, 2.24) is 9.61 Å². The van der Waals surface area contributed by atoms with Crippen LogP contribution in [-0.2, 0) is 0 Å². The summed E-state index contributed by atoms with van der Waals surface area (Å²) in [5.74, 6) is -0.0964. The number of aromatic nitrogens is 2. The second kappa shape index (κ2) is 3.26. The Labute approximate surface area is 90.2 Å². The van der Waals surface area contributed by atoms with Crippen LogP contribution < -0.4 is 0 Å². The van der Waals surface area contributed by atoms with Crippen molar-refractivity contribution < 1.29 is 4.79 Å². The minimum atomic E-state index is -0.0964. The second-order valence-electron chi connectivity index (χ2n) is 2.92. The molecule has 3 nitrogen and oxygen atoms in total. The van der Waals surface area contributed by atoms with E-state index in [0.717, 1.165) is 0 Å². The molecule has 0 spiro atoms. The maximum Gasteiger partial charge on any atom is 0.180 e.